The molecule has 0 amide bonds. The number of ether oxygens (including phenoxy) is 1. The first-order valence-corrected chi connectivity index (χ1v) is 10.2. The molecule has 0 spiro atoms. The summed E-state index contributed by atoms with van der Waals surface area (Å²) in [5.41, 5.74) is 2.33. The van der Waals surface area contributed by atoms with Gasteiger partial charge in [0.15, 0.2) is 0 Å². The molecule has 1 aromatic rings. The molecule has 0 saturated heterocycles. The predicted octanol–water partition coefficient (Wildman–Crippen LogP) is 1.62. The number of methoxy groups -OCH3 is 1. The minimum absolute atomic E-state index is 0.119. The van der Waals surface area contributed by atoms with Crippen LogP contribution in [-0.4, -0.2) is 87.3 Å². The van der Waals surface area contributed by atoms with E-state index >= 15 is 0 Å². The van der Waals surface area contributed by atoms with Crippen molar-refractivity contribution in [3.05, 3.63) is 23.0 Å². The van der Waals surface area contributed by atoms with Crippen LogP contribution in [0.3, 0.4) is 0 Å². The third-order valence-electron chi connectivity index (χ3n) is 5.03. The molecule has 0 bridgehead atoms. The lowest BCUT2D eigenvalue weighted by Gasteiger charge is -2.34. The van der Waals surface area contributed by atoms with Gasteiger partial charge in [-0.25, -0.2) is 0 Å². The first kappa shape index (κ1) is 26.3. The van der Waals surface area contributed by atoms with Crippen molar-refractivity contribution < 1.29 is 34.4 Å². The van der Waals surface area contributed by atoms with Crippen LogP contribution in [0.25, 0.3) is 0 Å². The monoisotopic (exact) mass is 439 g/mol. The Bertz CT molecular complexity index is 754. The fourth-order valence-corrected chi connectivity index (χ4v) is 3.61. The number of rotatable bonds is 15. The first-order chi connectivity index (χ1) is 14.6. The highest BCUT2D eigenvalue weighted by atomic mass is 16.5. The molecule has 1 aromatic heterocycles. The average molecular weight is 440 g/mol. The molecule has 0 radical (unpaired) electrons. The Morgan fingerprint density at radius 2 is 1.65 bits per heavy atom. The highest BCUT2D eigenvalue weighted by Crippen LogP contribution is 2.25. The van der Waals surface area contributed by atoms with E-state index in [1.165, 1.54) is 4.90 Å². The molecular formula is C21H33N3O7. The highest BCUT2D eigenvalue weighted by molar-refractivity contribution is 5.72. The lowest BCUT2D eigenvalue weighted by Crippen LogP contribution is -2.48. The second-order valence-corrected chi connectivity index (χ2v) is 7.60. The number of carboxylic acids is 3. The predicted molar refractivity (Wildman–Crippen MR) is 113 cm³/mol. The van der Waals surface area contributed by atoms with Crippen molar-refractivity contribution in [2.75, 3.05) is 33.3 Å². The fourth-order valence-electron chi connectivity index (χ4n) is 3.61. The van der Waals surface area contributed by atoms with Crippen LogP contribution in [0.4, 0.5) is 0 Å². The van der Waals surface area contributed by atoms with E-state index in [1.807, 2.05) is 20.8 Å². The van der Waals surface area contributed by atoms with Gasteiger partial charge in [0.1, 0.15) is 5.75 Å². The molecule has 0 aromatic carbocycles. The van der Waals surface area contributed by atoms with E-state index < -0.39 is 31.0 Å². The molecule has 1 heterocycles. The van der Waals surface area contributed by atoms with Gasteiger partial charge in [-0.3, -0.25) is 29.2 Å². The van der Waals surface area contributed by atoms with Gasteiger partial charge < -0.3 is 20.1 Å². The Labute approximate surface area is 182 Å². The van der Waals surface area contributed by atoms with Crippen molar-refractivity contribution in [1.29, 1.82) is 0 Å². The molecule has 0 aliphatic rings. The van der Waals surface area contributed by atoms with Gasteiger partial charge in [0.2, 0.25) is 0 Å². The number of unbranched alkanes of at least 4 members (excludes halogenated alkanes) is 1. The molecule has 1 rings (SSSR count). The smallest absolute Gasteiger partial charge is 0.317 e. The maximum Gasteiger partial charge on any atom is 0.317 e. The van der Waals surface area contributed by atoms with Crippen LogP contribution >= 0.6 is 0 Å². The van der Waals surface area contributed by atoms with E-state index in [9.17, 15) is 19.5 Å². The van der Waals surface area contributed by atoms with Crippen LogP contribution in [0.15, 0.2) is 6.20 Å². The number of carboxylic acid groups (broad SMARTS) is 3. The maximum absolute atomic E-state index is 11.6. The first-order valence-electron chi connectivity index (χ1n) is 10.2. The number of pyridine rings is 1. The van der Waals surface area contributed by atoms with E-state index in [-0.39, 0.29) is 25.7 Å². The molecule has 1 atom stereocenters. The van der Waals surface area contributed by atoms with Crippen molar-refractivity contribution in [2.24, 2.45) is 0 Å². The summed E-state index contributed by atoms with van der Waals surface area (Å²) < 4.78 is 5.44. The normalized spacial score (nSPS) is 12.2. The van der Waals surface area contributed by atoms with Gasteiger partial charge in [-0.2, -0.15) is 0 Å². The lowest BCUT2D eigenvalue weighted by molar-refractivity contribution is -0.144. The van der Waals surface area contributed by atoms with Crippen molar-refractivity contribution in [3.8, 4) is 5.75 Å². The number of hydrogen-bond acceptors (Lipinski definition) is 7. The Hall–Kier alpha value is -2.72. The standard InChI is InChI=1S/C21H33N3O7/c1-5-6-7-16(9-23(11-18(25)26)12-19(27)28)24(13-20(29)30)10-17-15(3)21(31-4)14(2)8-22-17/h8,16H,5-7,9-13H2,1-4H3,(H,25,26)(H,27,28)(H,29,30). The molecule has 0 aliphatic heterocycles. The quantitative estimate of drug-likeness (QED) is 0.369. The van der Waals surface area contributed by atoms with E-state index in [0.29, 0.717) is 17.9 Å². The van der Waals surface area contributed by atoms with Gasteiger partial charge in [0.05, 0.1) is 32.4 Å². The van der Waals surface area contributed by atoms with Crippen LogP contribution in [0.1, 0.15) is 43.0 Å². The van der Waals surface area contributed by atoms with Gasteiger partial charge in [0.25, 0.3) is 0 Å². The highest BCUT2D eigenvalue weighted by Gasteiger charge is 2.26. The van der Waals surface area contributed by atoms with Gasteiger partial charge in [0, 0.05) is 36.5 Å². The van der Waals surface area contributed by atoms with Gasteiger partial charge in [-0.05, 0) is 20.3 Å². The van der Waals surface area contributed by atoms with Crippen molar-refractivity contribution in [2.45, 2.75) is 52.6 Å². The van der Waals surface area contributed by atoms with Crippen molar-refractivity contribution in [1.82, 2.24) is 14.8 Å². The van der Waals surface area contributed by atoms with E-state index in [4.69, 9.17) is 14.9 Å². The molecule has 0 saturated carbocycles. The summed E-state index contributed by atoms with van der Waals surface area (Å²) in [6.45, 7) is 4.91. The second-order valence-electron chi connectivity index (χ2n) is 7.60. The topological polar surface area (TPSA) is 140 Å². The van der Waals surface area contributed by atoms with Crippen LogP contribution in [0.2, 0.25) is 0 Å². The van der Waals surface area contributed by atoms with Gasteiger partial charge in [-0.1, -0.05) is 19.8 Å². The molecule has 31 heavy (non-hydrogen) atoms. The number of aryl methyl sites for hydroxylation is 1. The van der Waals surface area contributed by atoms with Gasteiger partial charge >= 0.3 is 17.9 Å². The summed E-state index contributed by atoms with van der Waals surface area (Å²) in [6.07, 6.45) is 3.92. The molecule has 3 N–H and O–H groups in total. The second kappa shape index (κ2) is 12.9. The zero-order valence-corrected chi connectivity index (χ0v) is 18.6. The third-order valence-corrected chi connectivity index (χ3v) is 5.03. The molecule has 1 unspecified atom stereocenters. The molecule has 10 heteroatoms. The Morgan fingerprint density at radius 1 is 1.06 bits per heavy atom. The molecular weight excluding hydrogens is 406 g/mol. The Balaban J connectivity index is 3.24. The average Bonchev–Trinajstić information content (AvgIpc) is 2.65. The molecule has 10 nitrogen and oxygen atoms in total. The number of aliphatic carboxylic acids is 3. The SMILES string of the molecule is CCCCC(CN(CC(=O)O)CC(=O)O)N(CC(=O)O)Cc1ncc(C)c(OC)c1C. The summed E-state index contributed by atoms with van der Waals surface area (Å²) >= 11 is 0. The minimum atomic E-state index is -1.14. The van der Waals surface area contributed by atoms with E-state index in [2.05, 4.69) is 4.98 Å². The van der Waals surface area contributed by atoms with Gasteiger partial charge in [-0.15, -0.1) is 0 Å². The van der Waals surface area contributed by atoms with Crippen LogP contribution in [0, 0.1) is 13.8 Å². The zero-order chi connectivity index (χ0) is 23.6. The largest absolute Gasteiger partial charge is 0.496 e. The van der Waals surface area contributed by atoms with Crippen molar-refractivity contribution in [3.63, 3.8) is 0 Å². The van der Waals surface area contributed by atoms with Crippen LogP contribution in [0.5, 0.6) is 5.75 Å². The Kier molecular flexibility index (Phi) is 10.9. The van der Waals surface area contributed by atoms with Crippen LogP contribution < -0.4 is 4.74 Å². The molecule has 0 aliphatic carbocycles. The number of hydrogen-bond donors (Lipinski definition) is 3. The van der Waals surface area contributed by atoms with Crippen molar-refractivity contribution >= 4 is 17.9 Å². The third kappa shape index (κ3) is 8.89. The Morgan fingerprint density at radius 3 is 2.13 bits per heavy atom. The van der Waals surface area contributed by atoms with E-state index in [1.54, 1.807) is 18.2 Å². The summed E-state index contributed by atoms with van der Waals surface area (Å²) in [6, 6.07) is -0.358. The fraction of sp³-hybridized carbons (Fsp3) is 0.619. The van der Waals surface area contributed by atoms with E-state index in [0.717, 1.165) is 24.0 Å². The summed E-state index contributed by atoms with van der Waals surface area (Å²) in [7, 11) is 1.56. The molecule has 0 fully saturated rings. The summed E-state index contributed by atoms with van der Waals surface area (Å²) in [5.74, 6) is -2.62. The summed E-state index contributed by atoms with van der Waals surface area (Å²) in [5, 5.41) is 27.8. The number of nitrogens with zero attached hydrogens (tertiary/aromatic N) is 3. The number of carbonyl (C=O) groups is 3. The number of aromatic nitrogens is 1. The molecule has 174 valence electrons. The zero-order valence-electron chi connectivity index (χ0n) is 18.6. The van der Waals surface area contributed by atoms with Crippen LogP contribution in [-0.2, 0) is 20.9 Å². The minimum Gasteiger partial charge on any atom is -0.496 e. The lowest BCUT2D eigenvalue weighted by atomic mass is 10.0. The maximum atomic E-state index is 11.6. The summed E-state index contributed by atoms with van der Waals surface area (Å²) in [4.78, 5) is 41.5.